The lowest BCUT2D eigenvalue weighted by atomic mass is 10.1. The summed E-state index contributed by atoms with van der Waals surface area (Å²) in [5.41, 5.74) is 2.18. The van der Waals surface area contributed by atoms with E-state index in [1.165, 1.54) is 12.1 Å². The predicted octanol–water partition coefficient (Wildman–Crippen LogP) is 3.83. The summed E-state index contributed by atoms with van der Waals surface area (Å²) in [6.45, 7) is 3.65. The fraction of sp³-hybridized carbons (Fsp3) is 0.280. The van der Waals surface area contributed by atoms with E-state index in [0.29, 0.717) is 25.3 Å². The number of ether oxygens (including phenoxy) is 1. The second kappa shape index (κ2) is 10.3. The fourth-order valence-corrected chi connectivity index (χ4v) is 3.76. The van der Waals surface area contributed by atoms with E-state index in [2.05, 4.69) is 9.88 Å². The molecule has 166 valence electrons. The number of nitrogens with zero attached hydrogens (tertiary/aromatic N) is 3. The second-order valence-corrected chi connectivity index (χ2v) is 7.84. The highest BCUT2D eigenvalue weighted by Gasteiger charge is 2.21. The van der Waals surface area contributed by atoms with Crippen LogP contribution in [0.5, 0.6) is 5.75 Å². The van der Waals surface area contributed by atoms with E-state index >= 15 is 0 Å². The van der Waals surface area contributed by atoms with Gasteiger partial charge in [0.1, 0.15) is 12.4 Å². The average Bonchev–Trinajstić information content (AvgIpc) is 2.81. The Hall–Kier alpha value is -3.32. The number of rotatable bonds is 7. The average molecular weight is 437 g/mol. The highest BCUT2D eigenvalue weighted by atomic mass is 19.2. The third-order valence-electron chi connectivity index (χ3n) is 5.53. The van der Waals surface area contributed by atoms with Gasteiger partial charge in [-0.2, -0.15) is 0 Å². The van der Waals surface area contributed by atoms with E-state index in [1.54, 1.807) is 18.5 Å². The molecule has 32 heavy (non-hydrogen) atoms. The lowest BCUT2D eigenvalue weighted by molar-refractivity contribution is -0.132. The molecule has 1 aromatic heterocycles. The van der Waals surface area contributed by atoms with Crippen LogP contribution in [0.25, 0.3) is 0 Å². The van der Waals surface area contributed by atoms with E-state index < -0.39 is 11.6 Å². The van der Waals surface area contributed by atoms with Gasteiger partial charge in [0.05, 0.1) is 6.42 Å². The molecule has 2 aromatic carbocycles. The van der Waals surface area contributed by atoms with Gasteiger partial charge in [-0.1, -0.05) is 30.3 Å². The van der Waals surface area contributed by atoms with Gasteiger partial charge in [-0.3, -0.25) is 14.7 Å². The fourth-order valence-electron chi connectivity index (χ4n) is 3.76. The van der Waals surface area contributed by atoms with Crippen molar-refractivity contribution in [2.24, 2.45) is 0 Å². The molecular formula is C25H25F2N3O2. The van der Waals surface area contributed by atoms with Crippen LogP contribution in [0.2, 0.25) is 0 Å². The standard InChI is InChI=1S/C25H25F2N3O2/c26-23-8-2-6-21(25(23)27)18-32-22-7-1-4-20(14-22)17-29-10-12-30(13-11-29)24(31)15-19-5-3-9-28-16-19/h1-9,14,16H,10-13,15,17-18H2. The van der Waals surface area contributed by atoms with Gasteiger partial charge in [0.2, 0.25) is 5.91 Å². The Morgan fingerprint density at radius 1 is 0.969 bits per heavy atom. The molecule has 4 rings (SSSR count). The highest BCUT2D eigenvalue weighted by Crippen LogP contribution is 2.19. The zero-order valence-corrected chi connectivity index (χ0v) is 17.7. The molecule has 1 aliphatic rings. The predicted molar refractivity (Wildman–Crippen MR) is 117 cm³/mol. The Morgan fingerprint density at radius 3 is 2.53 bits per heavy atom. The van der Waals surface area contributed by atoms with Gasteiger partial charge in [-0.25, -0.2) is 8.78 Å². The zero-order chi connectivity index (χ0) is 22.3. The summed E-state index contributed by atoms with van der Waals surface area (Å²) in [5, 5.41) is 0. The Labute approximate surface area is 186 Å². The van der Waals surface area contributed by atoms with Crippen LogP contribution in [-0.4, -0.2) is 46.9 Å². The third-order valence-corrected chi connectivity index (χ3v) is 5.53. The Balaban J connectivity index is 1.27. The normalized spacial score (nSPS) is 14.4. The van der Waals surface area contributed by atoms with Crippen molar-refractivity contribution in [3.05, 3.63) is 95.3 Å². The van der Waals surface area contributed by atoms with Gasteiger partial charge in [0.15, 0.2) is 11.6 Å². The summed E-state index contributed by atoms with van der Waals surface area (Å²) < 4.78 is 32.8. The van der Waals surface area contributed by atoms with Crippen LogP contribution in [-0.2, 0) is 24.4 Å². The molecule has 0 saturated carbocycles. The molecule has 1 fully saturated rings. The van der Waals surface area contributed by atoms with Gasteiger partial charge >= 0.3 is 0 Å². The highest BCUT2D eigenvalue weighted by molar-refractivity contribution is 5.78. The number of benzene rings is 2. The van der Waals surface area contributed by atoms with Crippen LogP contribution in [0.15, 0.2) is 67.0 Å². The van der Waals surface area contributed by atoms with Gasteiger partial charge in [-0.05, 0) is 35.4 Å². The molecular weight excluding hydrogens is 412 g/mol. The molecule has 5 nitrogen and oxygen atoms in total. The molecule has 2 heterocycles. The first-order chi connectivity index (χ1) is 15.6. The summed E-state index contributed by atoms with van der Waals surface area (Å²) in [6, 6.07) is 15.4. The van der Waals surface area contributed by atoms with E-state index in [1.807, 2.05) is 35.2 Å². The molecule has 0 atom stereocenters. The van der Waals surface area contributed by atoms with Crippen LogP contribution in [0.4, 0.5) is 8.78 Å². The largest absolute Gasteiger partial charge is 0.489 e. The summed E-state index contributed by atoms with van der Waals surface area (Å²) in [7, 11) is 0. The Bertz CT molecular complexity index is 1050. The van der Waals surface area contributed by atoms with Crippen LogP contribution in [0.3, 0.4) is 0 Å². The second-order valence-electron chi connectivity index (χ2n) is 7.84. The quantitative estimate of drug-likeness (QED) is 0.564. The van der Waals surface area contributed by atoms with Crippen LogP contribution in [0.1, 0.15) is 16.7 Å². The molecule has 3 aromatic rings. The third kappa shape index (κ3) is 5.68. The Kier molecular flexibility index (Phi) is 7.07. The molecule has 1 saturated heterocycles. The van der Waals surface area contributed by atoms with E-state index in [-0.39, 0.29) is 18.1 Å². The van der Waals surface area contributed by atoms with Gasteiger partial charge in [0.25, 0.3) is 0 Å². The number of carbonyl (C=O) groups excluding carboxylic acids is 1. The van der Waals surface area contributed by atoms with Crippen LogP contribution in [0, 0.1) is 11.6 Å². The van der Waals surface area contributed by atoms with Crippen molar-refractivity contribution >= 4 is 5.91 Å². The molecule has 0 unspecified atom stereocenters. The summed E-state index contributed by atoms with van der Waals surface area (Å²) in [5.74, 6) is -1.02. The van der Waals surface area contributed by atoms with Crippen LogP contribution >= 0.6 is 0 Å². The minimum atomic E-state index is -0.877. The van der Waals surface area contributed by atoms with Crippen molar-refractivity contribution in [3.63, 3.8) is 0 Å². The summed E-state index contributed by atoms with van der Waals surface area (Å²) in [6.07, 6.45) is 3.80. The first-order valence-electron chi connectivity index (χ1n) is 10.6. The number of aromatic nitrogens is 1. The first kappa shape index (κ1) is 21.9. The number of halogens is 2. The van der Waals surface area contributed by atoms with Crippen LogP contribution < -0.4 is 4.74 Å². The number of amides is 1. The molecule has 1 aliphatic heterocycles. The lowest BCUT2D eigenvalue weighted by Gasteiger charge is -2.34. The van der Waals surface area contributed by atoms with Gasteiger partial charge in [-0.15, -0.1) is 0 Å². The van der Waals surface area contributed by atoms with Gasteiger partial charge < -0.3 is 9.64 Å². The molecule has 1 amide bonds. The molecule has 0 spiro atoms. The van der Waals surface area contributed by atoms with Gasteiger partial charge in [0, 0.05) is 50.7 Å². The van der Waals surface area contributed by atoms with Crippen molar-refractivity contribution < 1.29 is 18.3 Å². The van der Waals surface area contributed by atoms with Crippen molar-refractivity contribution in [2.45, 2.75) is 19.6 Å². The minimum Gasteiger partial charge on any atom is -0.489 e. The molecule has 0 bridgehead atoms. The summed E-state index contributed by atoms with van der Waals surface area (Å²) >= 11 is 0. The van der Waals surface area contributed by atoms with Crippen molar-refractivity contribution in [1.82, 2.24) is 14.8 Å². The summed E-state index contributed by atoms with van der Waals surface area (Å²) in [4.78, 5) is 20.8. The van der Waals surface area contributed by atoms with E-state index in [0.717, 1.165) is 36.8 Å². The smallest absolute Gasteiger partial charge is 0.227 e. The van der Waals surface area contributed by atoms with E-state index in [4.69, 9.17) is 4.74 Å². The monoisotopic (exact) mass is 437 g/mol. The number of pyridine rings is 1. The SMILES string of the molecule is O=C(Cc1cccnc1)N1CCN(Cc2cccc(OCc3cccc(F)c3F)c2)CC1. The van der Waals surface area contributed by atoms with Crippen molar-refractivity contribution in [3.8, 4) is 5.75 Å². The molecule has 0 radical (unpaired) electrons. The van der Waals surface area contributed by atoms with Crippen molar-refractivity contribution in [2.75, 3.05) is 26.2 Å². The molecule has 0 N–H and O–H groups in total. The number of carbonyl (C=O) groups is 1. The maximum absolute atomic E-state index is 13.8. The molecule has 7 heteroatoms. The van der Waals surface area contributed by atoms with E-state index in [9.17, 15) is 13.6 Å². The lowest BCUT2D eigenvalue weighted by Crippen LogP contribution is -2.48. The molecule has 0 aliphatic carbocycles. The zero-order valence-electron chi connectivity index (χ0n) is 17.7. The maximum Gasteiger partial charge on any atom is 0.227 e. The topological polar surface area (TPSA) is 45.7 Å². The first-order valence-corrected chi connectivity index (χ1v) is 10.6. The number of piperazine rings is 1. The number of hydrogen-bond donors (Lipinski definition) is 0. The minimum absolute atomic E-state index is 0.0369. The van der Waals surface area contributed by atoms with Crippen molar-refractivity contribution in [1.29, 1.82) is 0 Å². The maximum atomic E-state index is 13.8. The number of hydrogen-bond acceptors (Lipinski definition) is 4. The Morgan fingerprint density at radius 2 is 1.75 bits per heavy atom.